The van der Waals surface area contributed by atoms with Gasteiger partial charge in [-0.3, -0.25) is 4.79 Å². The lowest BCUT2D eigenvalue weighted by Crippen LogP contribution is -1.95. The zero-order chi connectivity index (χ0) is 12.1. The molecular weight excluding hydrogens is 212 g/mol. The van der Waals surface area contributed by atoms with Gasteiger partial charge in [0.2, 0.25) is 0 Å². The number of carbonyl (C=O) groups is 1. The summed E-state index contributed by atoms with van der Waals surface area (Å²) < 4.78 is 0. The molecule has 2 nitrogen and oxygen atoms in total. The van der Waals surface area contributed by atoms with Gasteiger partial charge in [-0.05, 0) is 11.1 Å². The average Bonchev–Trinajstić information content (AvgIpc) is 2.41. The molecule has 84 valence electrons. The highest BCUT2D eigenvalue weighted by Gasteiger charge is 2.09. The molecule has 0 unspecified atom stereocenters. The van der Waals surface area contributed by atoms with Crippen LogP contribution in [0.15, 0.2) is 66.4 Å². The summed E-state index contributed by atoms with van der Waals surface area (Å²) in [6.07, 6.45) is 0.468. The van der Waals surface area contributed by atoms with Crippen LogP contribution in [-0.2, 0) is 4.79 Å². The second kappa shape index (κ2) is 5.12. The zero-order valence-corrected chi connectivity index (χ0v) is 9.21. The number of aliphatic hydroxyl groups is 1. The molecule has 1 N–H and O–H groups in total. The Kier molecular flexibility index (Phi) is 3.36. The Morgan fingerprint density at radius 2 is 1.24 bits per heavy atom. The Bertz CT molecular complexity index is 486. The van der Waals surface area contributed by atoms with Gasteiger partial charge in [0.1, 0.15) is 0 Å². The van der Waals surface area contributed by atoms with Gasteiger partial charge in [-0.2, -0.15) is 0 Å². The highest BCUT2D eigenvalue weighted by Crippen LogP contribution is 2.24. The second-order valence-corrected chi connectivity index (χ2v) is 3.61. The predicted octanol–water partition coefficient (Wildman–Crippen LogP) is 3.20. The van der Waals surface area contributed by atoms with E-state index in [1.54, 1.807) is 0 Å². The van der Waals surface area contributed by atoms with Gasteiger partial charge in [-0.15, -0.1) is 0 Å². The van der Waals surface area contributed by atoms with E-state index in [-0.39, 0.29) is 5.76 Å². The number of allylic oxidation sites excluding steroid dienone is 1. The molecule has 0 aliphatic carbocycles. The maximum absolute atomic E-state index is 10.8. The molecule has 0 aliphatic heterocycles. The molecule has 0 bridgehead atoms. The van der Waals surface area contributed by atoms with Crippen LogP contribution in [0.2, 0.25) is 0 Å². The second-order valence-electron chi connectivity index (χ2n) is 3.61. The van der Waals surface area contributed by atoms with E-state index in [0.717, 1.165) is 11.1 Å². The van der Waals surface area contributed by atoms with Crippen LogP contribution in [0, 0.1) is 0 Å². The lowest BCUT2D eigenvalue weighted by atomic mass is 9.97. The molecule has 0 atom stereocenters. The van der Waals surface area contributed by atoms with E-state index in [0.29, 0.717) is 11.9 Å². The van der Waals surface area contributed by atoms with Gasteiger partial charge in [-0.25, -0.2) is 0 Å². The fourth-order valence-corrected chi connectivity index (χ4v) is 1.73. The van der Waals surface area contributed by atoms with Crippen molar-refractivity contribution in [2.45, 2.75) is 0 Å². The van der Waals surface area contributed by atoms with Crippen LogP contribution in [0.4, 0.5) is 0 Å². The van der Waals surface area contributed by atoms with Gasteiger partial charge in [0.25, 0.3) is 0 Å². The van der Waals surface area contributed by atoms with Gasteiger partial charge in [0.05, 0.1) is 0 Å². The molecule has 0 spiro atoms. The minimum absolute atomic E-state index is 0.248. The van der Waals surface area contributed by atoms with E-state index >= 15 is 0 Å². The van der Waals surface area contributed by atoms with Crippen molar-refractivity contribution in [2.75, 3.05) is 0 Å². The highest BCUT2D eigenvalue weighted by atomic mass is 16.3. The van der Waals surface area contributed by atoms with Crippen molar-refractivity contribution >= 4 is 11.9 Å². The van der Waals surface area contributed by atoms with Crippen LogP contribution < -0.4 is 0 Å². The predicted molar refractivity (Wildman–Crippen MR) is 67.6 cm³/mol. The number of carbonyl (C=O) groups excluding carboxylic acids is 1. The van der Waals surface area contributed by atoms with Gasteiger partial charge in [-0.1, -0.05) is 60.7 Å². The third-order valence-corrected chi connectivity index (χ3v) is 2.49. The molecule has 0 aromatic heterocycles. The monoisotopic (exact) mass is 224 g/mol. The number of hydrogen-bond acceptors (Lipinski definition) is 2. The SMILES string of the molecule is O=CC(O)=C(c1ccccc1)c1ccccc1. The van der Waals surface area contributed by atoms with E-state index in [1.165, 1.54) is 0 Å². The highest BCUT2D eigenvalue weighted by molar-refractivity contribution is 5.92. The molecule has 17 heavy (non-hydrogen) atoms. The van der Waals surface area contributed by atoms with Gasteiger partial charge in [0.15, 0.2) is 12.0 Å². The summed E-state index contributed by atoms with van der Waals surface area (Å²) in [5.41, 5.74) is 2.20. The maximum atomic E-state index is 10.8. The largest absolute Gasteiger partial charge is 0.504 e. The van der Waals surface area contributed by atoms with Gasteiger partial charge >= 0.3 is 0 Å². The Morgan fingerprint density at radius 1 is 0.824 bits per heavy atom. The topological polar surface area (TPSA) is 37.3 Å². The minimum Gasteiger partial charge on any atom is -0.504 e. The van der Waals surface area contributed by atoms with E-state index in [9.17, 15) is 9.90 Å². The van der Waals surface area contributed by atoms with Crippen molar-refractivity contribution in [1.29, 1.82) is 0 Å². The number of aldehydes is 1. The van der Waals surface area contributed by atoms with Crippen molar-refractivity contribution in [3.63, 3.8) is 0 Å². The van der Waals surface area contributed by atoms with Crippen LogP contribution in [-0.4, -0.2) is 11.4 Å². The van der Waals surface area contributed by atoms with Crippen molar-refractivity contribution in [3.05, 3.63) is 77.5 Å². The third-order valence-electron chi connectivity index (χ3n) is 2.49. The van der Waals surface area contributed by atoms with Crippen molar-refractivity contribution < 1.29 is 9.90 Å². The zero-order valence-electron chi connectivity index (χ0n) is 9.21. The van der Waals surface area contributed by atoms with Crippen LogP contribution >= 0.6 is 0 Å². The molecule has 0 heterocycles. The van der Waals surface area contributed by atoms with Crippen LogP contribution in [0.5, 0.6) is 0 Å². The van der Waals surface area contributed by atoms with Crippen molar-refractivity contribution in [2.24, 2.45) is 0 Å². The number of hydrogen-bond donors (Lipinski definition) is 1. The van der Waals surface area contributed by atoms with Crippen molar-refractivity contribution in [1.82, 2.24) is 0 Å². The number of benzene rings is 2. The standard InChI is InChI=1S/C15H12O2/c16-11-14(17)15(12-7-3-1-4-8-12)13-9-5-2-6-10-13/h1-11,17H. The Balaban J connectivity index is 2.60. The molecule has 2 rings (SSSR count). The Labute approximate surface area is 99.8 Å². The van der Waals surface area contributed by atoms with E-state index in [4.69, 9.17) is 0 Å². The fourth-order valence-electron chi connectivity index (χ4n) is 1.73. The summed E-state index contributed by atoms with van der Waals surface area (Å²) >= 11 is 0. The maximum Gasteiger partial charge on any atom is 0.185 e. The first-order valence-corrected chi connectivity index (χ1v) is 5.32. The first kappa shape index (κ1) is 11.1. The minimum atomic E-state index is -0.248. The summed E-state index contributed by atoms with van der Waals surface area (Å²) in [5.74, 6) is -0.248. The third kappa shape index (κ3) is 2.42. The smallest absolute Gasteiger partial charge is 0.185 e. The molecule has 2 heteroatoms. The molecule has 0 saturated carbocycles. The van der Waals surface area contributed by atoms with Crippen LogP contribution in [0.3, 0.4) is 0 Å². The van der Waals surface area contributed by atoms with Crippen LogP contribution in [0.1, 0.15) is 11.1 Å². The fraction of sp³-hybridized carbons (Fsp3) is 0. The summed E-state index contributed by atoms with van der Waals surface area (Å²) in [5, 5.41) is 9.74. The Hall–Kier alpha value is -2.35. The van der Waals surface area contributed by atoms with Crippen LogP contribution in [0.25, 0.3) is 5.57 Å². The van der Waals surface area contributed by atoms with E-state index in [1.807, 2.05) is 60.7 Å². The lowest BCUT2D eigenvalue weighted by Gasteiger charge is -2.08. The molecule has 0 amide bonds. The molecule has 0 fully saturated rings. The van der Waals surface area contributed by atoms with E-state index in [2.05, 4.69) is 0 Å². The summed E-state index contributed by atoms with van der Waals surface area (Å²) in [6.45, 7) is 0. The summed E-state index contributed by atoms with van der Waals surface area (Å²) in [6, 6.07) is 18.7. The summed E-state index contributed by atoms with van der Waals surface area (Å²) in [4.78, 5) is 10.8. The number of aliphatic hydroxyl groups excluding tert-OH is 1. The first-order valence-electron chi connectivity index (χ1n) is 5.32. The molecule has 2 aromatic carbocycles. The normalized spacial score (nSPS) is 9.65. The van der Waals surface area contributed by atoms with Crippen molar-refractivity contribution in [3.8, 4) is 0 Å². The molecular formula is C15H12O2. The molecule has 0 radical (unpaired) electrons. The molecule has 2 aromatic rings. The van der Waals surface area contributed by atoms with Gasteiger partial charge < -0.3 is 5.11 Å². The Morgan fingerprint density at radius 3 is 1.59 bits per heavy atom. The summed E-state index contributed by atoms with van der Waals surface area (Å²) in [7, 11) is 0. The molecule has 0 aliphatic rings. The lowest BCUT2D eigenvalue weighted by molar-refractivity contribution is -0.106. The average molecular weight is 224 g/mol. The quantitative estimate of drug-likeness (QED) is 0.494. The number of rotatable bonds is 3. The van der Waals surface area contributed by atoms with Gasteiger partial charge in [0, 0.05) is 5.57 Å². The first-order chi connectivity index (χ1) is 8.33. The van der Waals surface area contributed by atoms with E-state index < -0.39 is 0 Å². The molecule has 0 saturated heterocycles.